The highest BCUT2D eigenvalue weighted by atomic mass is 32.2. The Bertz CT molecular complexity index is 868. The summed E-state index contributed by atoms with van der Waals surface area (Å²) in [6.45, 7) is 0. The molecule has 0 spiro atoms. The van der Waals surface area contributed by atoms with Crippen molar-refractivity contribution < 1.29 is 31.1 Å². The predicted molar refractivity (Wildman–Crippen MR) is 81.1 cm³/mol. The van der Waals surface area contributed by atoms with Gasteiger partial charge in [-0.25, -0.2) is 13.2 Å². The number of sulfonamides is 1. The van der Waals surface area contributed by atoms with Gasteiger partial charge in [0.15, 0.2) is 11.5 Å². The van der Waals surface area contributed by atoms with Gasteiger partial charge in [0.25, 0.3) is 0 Å². The number of nitrogens with zero attached hydrogens (tertiary/aromatic N) is 2. The Morgan fingerprint density at radius 2 is 1.92 bits per heavy atom. The molecule has 0 radical (unpaired) electrons. The third-order valence-electron chi connectivity index (χ3n) is 2.92. The first-order valence-electron chi connectivity index (χ1n) is 6.69. The normalized spacial score (nSPS) is 11.8. The first-order valence-corrected chi connectivity index (χ1v) is 8.34. The second-order valence-corrected chi connectivity index (χ2v) is 6.58. The minimum Gasteiger partial charge on any atom is -0.465 e. The Balaban J connectivity index is 2.13. The number of halogens is 3. The van der Waals surface area contributed by atoms with Crippen molar-refractivity contribution in [3.05, 3.63) is 53.2 Å². The monoisotopic (exact) mass is 375 g/mol. The number of esters is 1. The molecule has 134 valence electrons. The number of carbonyl (C=O) groups is 1. The SMILES string of the molecule is COC(=O)c1cccc(CS(=O)(=O)Nc2ccc(C(F)(F)F)nn2)c1. The topological polar surface area (TPSA) is 98.2 Å². The van der Waals surface area contributed by atoms with Crippen LogP contribution in [-0.2, 0) is 26.7 Å². The highest BCUT2D eigenvalue weighted by Crippen LogP contribution is 2.27. The molecule has 2 rings (SSSR count). The smallest absolute Gasteiger partial charge is 0.435 e. The van der Waals surface area contributed by atoms with E-state index < -0.39 is 33.6 Å². The van der Waals surface area contributed by atoms with Crippen LogP contribution in [0.1, 0.15) is 21.6 Å². The lowest BCUT2D eigenvalue weighted by Gasteiger charge is -2.09. The first-order chi connectivity index (χ1) is 11.6. The Hall–Kier alpha value is -2.69. The van der Waals surface area contributed by atoms with Crippen molar-refractivity contribution in [1.82, 2.24) is 10.2 Å². The molecule has 1 heterocycles. The number of hydrogen-bond donors (Lipinski definition) is 1. The van der Waals surface area contributed by atoms with Crippen LogP contribution in [0, 0.1) is 0 Å². The summed E-state index contributed by atoms with van der Waals surface area (Å²) >= 11 is 0. The number of anilines is 1. The number of carbonyl (C=O) groups excluding carboxylic acids is 1. The lowest BCUT2D eigenvalue weighted by Crippen LogP contribution is -2.17. The predicted octanol–water partition coefficient (Wildman–Crippen LogP) is 2.22. The molecule has 11 heteroatoms. The number of hydrogen-bond acceptors (Lipinski definition) is 6. The van der Waals surface area contributed by atoms with Crippen molar-refractivity contribution in [3.8, 4) is 0 Å². The Morgan fingerprint density at radius 1 is 1.20 bits per heavy atom. The Morgan fingerprint density at radius 3 is 2.48 bits per heavy atom. The molecule has 0 aliphatic rings. The molecule has 1 aromatic carbocycles. The zero-order valence-corrected chi connectivity index (χ0v) is 13.6. The van der Waals surface area contributed by atoms with E-state index in [1.54, 1.807) is 0 Å². The molecule has 0 saturated carbocycles. The summed E-state index contributed by atoms with van der Waals surface area (Å²) in [5.41, 5.74) is -0.777. The second-order valence-electron chi connectivity index (χ2n) is 4.85. The largest absolute Gasteiger partial charge is 0.465 e. The third kappa shape index (κ3) is 5.14. The van der Waals surface area contributed by atoms with Crippen molar-refractivity contribution in [2.24, 2.45) is 0 Å². The number of rotatable bonds is 5. The second kappa shape index (κ2) is 7.05. The maximum absolute atomic E-state index is 12.4. The summed E-state index contributed by atoms with van der Waals surface area (Å²) in [5.74, 6) is -1.49. The summed E-state index contributed by atoms with van der Waals surface area (Å²) in [4.78, 5) is 11.4. The standard InChI is InChI=1S/C14H12F3N3O4S/c1-24-13(21)10-4-2-3-9(7-10)8-25(22,23)20-12-6-5-11(18-19-12)14(15,16)17/h2-7H,8H2,1H3,(H,19,20). The van der Waals surface area contributed by atoms with E-state index in [0.29, 0.717) is 6.07 Å². The van der Waals surface area contributed by atoms with Crippen LogP contribution in [0.5, 0.6) is 0 Å². The zero-order valence-electron chi connectivity index (χ0n) is 12.7. The fraction of sp³-hybridized carbons (Fsp3) is 0.214. The summed E-state index contributed by atoms with van der Waals surface area (Å²) in [6, 6.07) is 7.22. The fourth-order valence-corrected chi connectivity index (χ4v) is 2.98. The quantitative estimate of drug-likeness (QED) is 0.805. The van der Waals surface area contributed by atoms with E-state index in [1.165, 1.54) is 31.4 Å². The van der Waals surface area contributed by atoms with Crippen molar-refractivity contribution in [2.75, 3.05) is 11.8 Å². The van der Waals surface area contributed by atoms with Crippen molar-refractivity contribution in [1.29, 1.82) is 0 Å². The van der Waals surface area contributed by atoms with Crippen LogP contribution in [0.3, 0.4) is 0 Å². The number of benzene rings is 1. The van der Waals surface area contributed by atoms with Gasteiger partial charge in [-0.05, 0) is 29.8 Å². The highest BCUT2D eigenvalue weighted by Gasteiger charge is 2.33. The van der Waals surface area contributed by atoms with Crippen LogP contribution in [0.2, 0.25) is 0 Å². The minimum absolute atomic E-state index is 0.171. The molecule has 1 N–H and O–H groups in total. The first kappa shape index (κ1) is 18.6. The van der Waals surface area contributed by atoms with Crippen LogP contribution in [-0.4, -0.2) is 31.7 Å². The summed E-state index contributed by atoms with van der Waals surface area (Å²) in [5, 5.41) is 6.12. The lowest BCUT2D eigenvalue weighted by molar-refractivity contribution is -0.141. The number of ether oxygens (including phenoxy) is 1. The fourth-order valence-electron chi connectivity index (χ4n) is 1.86. The van der Waals surface area contributed by atoms with Crippen molar-refractivity contribution in [2.45, 2.75) is 11.9 Å². The van der Waals surface area contributed by atoms with Gasteiger partial charge in [0.1, 0.15) is 0 Å². The molecule has 0 saturated heterocycles. The molecule has 0 unspecified atom stereocenters. The summed E-state index contributed by atoms with van der Waals surface area (Å²) in [7, 11) is -2.78. The van der Waals surface area contributed by atoms with E-state index in [1.807, 2.05) is 4.72 Å². The maximum Gasteiger partial charge on any atom is 0.435 e. The van der Waals surface area contributed by atoms with E-state index in [0.717, 1.165) is 6.07 Å². The van der Waals surface area contributed by atoms with E-state index >= 15 is 0 Å². The van der Waals surface area contributed by atoms with Gasteiger partial charge in [-0.2, -0.15) is 13.2 Å². The molecule has 0 bridgehead atoms. The molecule has 7 nitrogen and oxygen atoms in total. The Labute approximate surface area is 140 Å². The molecular weight excluding hydrogens is 363 g/mol. The zero-order chi connectivity index (χ0) is 18.7. The summed E-state index contributed by atoms with van der Waals surface area (Å²) in [6.07, 6.45) is -4.67. The van der Waals surface area contributed by atoms with E-state index in [-0.39, 0.29) is 16.9 Å². The van der Waals surface area contributed by atoms with E-state index in [4.69, 9.17) is 0 Å². The van der Waals surface area contributed by atoms with Gasteiger partial charge >= 0.3 is 12.1 Å². The molecule has 0 aliphatic heterocycles. The average Bonchev–Trinajstić information content (AvgIpc) is 2.53. The van der Waals surface area contributed by atoms with Crippen molar-refractivity contribution >= 4 is 21.8 Å². The molecule has 2 aromatic rings. The summed E-state index contributed by atoms with van der Waals surface area (Å²) < 4.78 is 67.9. The number of aromatic nitrogens is 2. The molecule has 0 amide bonds. The number of alkyl halides is 3. The van der Waals surface area contributed by atoms with Crippen LogP contribution in [0.4, 0.5) is 19.0 Å². The van der Waals surface area contributed by atoms with Crippen LogP contribution >= 0.6 is 0 Å². The molecular formula is C14H12F3N3O4S. The van der Waals surface area contributed by atoms with Crippen LogP contribution in [0.15, 0.2) is 36.4 Å². The van der Waals surface area contributed by atoms with Crippen LogP contribution in [0.25, 0.3) is 0 Å². The number of nitrogens with one attached hydrogen (secondary N) is 1. The van der Waals surface area contributed by atoms with Gasteiger partial charge in [0.2, 0.25) is 10.0 Å². The molecule has 0 atom stereocenters. The van der Waals surface area contributed by atoms with Gasteiger partial charge < -0.3 is 4.74 Å². The van der Waals surface area contributed by atoms with E-state index in [2.05, 4.69) is 14.9 Å². The van der Waals surface area contributed by atoms with Gasteiger partial charge in [0.05, 0.1) is 18.4 Å². The minimum atomic E-state index is -4.67. The molecule has 25 heavy (non-hydrogen) atoms. The third-order valence-corrected chi connectivity index (χ3v) is 4.15. The molecule has 0 aliphatic carbocycles. The Kier molecular flexibility index (Phi) is 5.26. The van der Waals surface area contributed by atoms with Gasteiger partial charge in [0, 0.05) is 0 Å². The van der Waals surface area contributed by atoms with Crippen LogP contribution < -0.4 is 4.72 Å². The van der Waals surface area contributed by atoms with Gasteiger partial charge in [-0.1, -0.05) is 12.1 Å². The van der Waals surface area contributed by atoms with Gasteiger partial charge in [-0.15, -0.1) is 10.2 Å². The van der Waals surface area contributed by atoms with Crippen molar-refractivity contribution in [3.63, 3.8) is 0 Å². The maximum atomic E-state index is 12.4. The van der Waals surface area contributed by atoms with E-state index in [9.17, 15) is 26.4 Å². The number of methoxy groups -OCH3 is 1. The average molecular weight is 375 g/mol. The lowest BCUT2D eigenvalue weighted by atomic mass is 10.1. The van der Waals surface area contributed by atoms with Gasteiger partial charge in [-0.3, -0.25) is 4.72 Å². The highest BCUT2D eigenvalue weighted by molar-refractivity contribution is 7.91. The molecule has 1 aromatic heterocycles. The molecule has 0 fully saturated rings.